The highest BCUT2D eigenvalue weighted by atomic mass is 32.2. The standard InChI is InChI=1S/C17H21NS/c1-13-14(2)19-11-10-18(13)12-16-8-5-7-15-6-3-4-9-17(15)16/h3-9,13-14H,10-12H2,1-2H3. The van der Waals surface area contributed by atoms with Crippen LogP contribution in [0.4, 0.5) is 0 Å². The molecule has 19 heavy (non-hydrogen) atoms. The zero-order valence-electron chi connectivity index (χ0n) is 11.7. The summed E-state index contributed by atoms with van der Waals surface area (Å²) in [5, 5.41) is 3.50. The van der Waals surface area contributed by atoms with Gasteiger partial charge in [0.25, 0.3) is 0 Å². The van der Waals surface area contributed by atoms with Gasteiger partial charge in [-0.25, -0.2) is 0 Å². The molecule has 2 unspecified atom stereocenters. The van der Waals surface area contributed by atoms with Crippen LogP contribution >= 0.6 is 11.8 Å². The minimum Gasteiger partial charge on any atom is -0.294 e. The van der Waals surface area contributed by atoms with Crippen molar-refractivity contribution in [2.24, 2.45) is 0 Å². The first kappa shape index (κ1) is 13.0. The topological polar surface area (TPSA) is 3.24 Å². The SMILES string of the molecule is CC1SCCN(Cc2cccc3ccccc23)C1C. The fourth-order valence-electron chi connectivity index (χ4n) is 2.87. The van der Waals surface area contributed by atoms with Gasteiger partial charge in [-0.15, -0.1) is 0 Å². The third-order valence-corrected chi connectivity index (χ3v) is 5.61. The highest BCUT2D eigenvalue weighted by Crippen LogP contribution is 2.27. The Balaban J connectivity index is 1.89. The normalized spacial score (nSPS) is 24.7. The summed E-state index contributed by atoms with van der Waals surface area (Å²) >= 11 is 2.10. The van der Waals surface area contributed by atoms with Crippen LogP contribution in [-0.4, -0.2) is 28.5 Å². The van der Waals surface area contributed by atoms with Crippen LogP contribution in [0.15, 0.2) is 42.5 Å². The maximum Gasteiger partial charge on any atom is 0.0243 e. The third-order valence-electron chi connectivity index (χ3n) is 4.27. The lowest BCUT2D eigenvalue weighted by Gasteiger charge is -2.37. The van der Waals surface area contributed by atoms with Crippen molar-refractivity contribution in [3.63, 3.8) is 0 Å². The summed E-state index contributed by atoms with van der Waals surface area (Å²) in [6.07, 6.45) is 0. The number of benzene rings is 2. The fourth-order valence-corrected chi connectivity index (χ4v) is 4.03. The quantitative estimate of drug-likeness (QED) is 0.806. The molecule has 0 spiro atoms. The molecule has 0 aliphatic carbocycles. The van der Waals surface area contributed by atoms with Gasteiger partial charge in [0.05, 0.1) is 0 Å². The Morgan fingerprint density at radius 3 is 2.79 bits per heavy atom. The largest absolute Gasteiger partial charge is 0.294 e. The van der Waals surface area contributed by atoms with E-state index < -0.39 is 0 Å². The Bertz CT molecular complexity index is 561. The second-order valence-corrected chi connectivity index (χ2v) is 6.91. The molecule has 2 heteroatoms. The molecular formula is C17H21NS. The van der Waals surface area contributed by atoms with Crippen LogP contribution in [-0.2, 0) is 6.54 Å². The zero-order valence-corrected chi connectivity index (χ0v) is 12.5. The van der Waals surface area contributed by atoms with Gasteiger partial charge in [0, 0.05) is 30.1 Å². The number of fused-ring (bicyclic) bond motifs is 1. The molecule has 100 valence electrons. The minimum absolute atomic E-state index is 0.665. The zero-order chi connectivity index (χ0) is 13.2. The molecule has 1 fully saturated rings. The number of rotatable bonds is 2. The second kappa shape index (κ2) is 5.56. The summed E-state index contributed by atoms with van der Waals surface area (Å²) < 4.78 is 0. The van der Waals surface area contributed by atoms with Crippen molar-refractivity contribution in [1.29, 1.82) is 0 Å². The number of thioether (sulfide) groups is 1. The van der Waals surface area contributed by atoms with Crippen molar-refractivity contribution in [1.82, 2.24) is 4.90 Å². The van der Waals surface area contributed by atoms with E-state index in [1.54, 1.807) is 0 Å². The fraction of sp³-hybridized carbons (Fsp3) is 0.412. The molecule has 0 N–H and O–H groups in total. The van der Waals surface area contributed by atoms with Crippen molar-refractivity contribution in [3.05, 3.63) is 48.0 Å². The van der Waals surface area contributed by atoms with E-state index in [-0.39, 0.29) is 0 Å². The maximum atomic E-state index is 2.63. The van der Waals surface area contributed by atoms with E-state index in [0.29, 0.717) is 6.04 Å². The molecule has 1 aliphatic heterocycles. The summed E-state index contributed by atoms with van der Waals surface area (Å²) in [7, 11) is 0. The van der Waals surface area contributed by atoms with Gasteiger partial charge in [-0.2, -0.15) is 11.8 Å². The average molecular weight is 271 g/mol. The number of hydrogen-bond acceptors (Lipinski definition) is 2. The lowest BCUT2D eigenvalue weighted by Crippen LogP contribution is -2.43. The van der Waals surface area contributed by atoms with Crippen LogP contribution in [0.1, 0.15) is 19.4 Å². The van der Waals surface area contributed by atoms with Crippen molar-refractivity contribution in [3.8, 4) is 0 Å². The highest BCUT2D eigenvalue weighted by Gasteiger charge is 2.25. The Morgan fingerprint density at radius 2 is 1.89 bits per heavy atom. The Hall–Kier alpha value is -0.990. The Kier molecular flexibility index (Phi) is 3.81. The number of hydrogen-bond donors (Lipinski definition) is 0. The van der Waals surface area contributed by atoms with Crippen molar-refractivity contribution in [2.75, 3.05) is 12.3 Å². The molecule has 1 aliphatic rings. The van der Waals surface area contributed by atoms with Crippen LogP contribution in [0.3, 0.4) is 0 Å². The van der Waals surface area contributed by atoms with Crippen LogP contribution < -0.4 is 0 Å². The van der Waals surface area contributed by atoms with E-state index >= 15 is 0 Å². The van der Waals surface area contributed by atoms with Crippen LogP contribution in [0, 0.1) is 0 Å². The molecule has 2 aromatic rings. The third kappa shape index (κ3) is 2.65. The highest BCUT2D eigenvalue weighted by molar-refractivity contribution is 8.00. The van der Waals surface area contributed by atoms with Gasteiger partial charge in [-0.05, 0) is 23.3 Å². The molecule has 2 aromatic carbocycles. The molecule has 0 aromatic heterocycles. The van der Waals surface area contributed by atoms with Gasteiger partial charge in [0.15, 0.2) is 0 Å². The van der Waals surface area contributed by atoms with Crippen LogP contribution in [0.2, 0.25) is 0 Å². The van der Waals surface area contributed by atoms with Crippen molar-refractivity contribution < 1.29 is 0 Å². The summed E-state index contributed by atoms with van der Waals surface area (Å²) in [4.78, 5) is 2.63. The first-order valence-electron chi connectivity index (χ1n) is 7.08. The molecule has 0 saturated carbocycles. The molecule has 0 bridgehead atoms. The van der Waals surface area contributed by atoms with E-state index in [1.807, 2.05) is 0 Å². The molecule has 0 radical (unpaired) electrons. The summed E-state index contributed by atoms with van der Waals surface area (Å²) in [6.45, 7) is 7.00. The lowest BCUT2D eigenvalue weighted by atomic mass is 10.0. The molecule has 1 heterocycles. The van der Waals surface area contributed by atoms with Crippen molar-refractivity contribution in [2.45, 2.75) is 31.7 Å². The van der Waals surface area contributed by atoms with Gasteiger partial charge in [0.2, 0.25) is 0 Å². The van der Waals surface area contributed by atoms with Gasteiger partial charge < -0.3 is 0 Å². The molecule has 1 nitrogen and oxygen atoms in total. The van der Waals surface area contributed by atoms with E-state index in [2.05, 4.69) is 73.0 Å². The van der Waals surface area contributed by atoms with Crippen LogP contribution in [0.5, 0.6) is 0 Å². The first-order valence-corrected chi connectivity index (χ1v) is 8.13. The maximum absolute atomic E-state index is 2.63. The van der Waals surface area contributed by atoms with Crippen LogP contribution in [0.25, 0.3) is 10.8 Å². The van der Waals surface area contributed by atoms with E-state index in [4.69, 9.17) is 0 Å². The summed E-state index contributed by atoms with van der Waals surface area (Å²) in [5.74, 6) is 1.26. The van der Waals surface area contributed by atoms with E-state index in [0.717, 1.165) is 11.8 Å². The van der Waals surface area contributed by atoms with Gasteiger partial charge >= 0.3 is 0 Å². The molecule has 3 rings (SSSR count). The lowest BCUT2D eigenvalue weighted by molar-refractivity contribution is 0.205. The second-order valence-electron chi connectivity index (χ2n) is 5.43. The minimum atomic E-state index is 0.665. The summed E-state index contributed by atoms with van der Waals surface area (Å²) in [5.41, 5.74) is 1.46. The molecule has 2 atom stereocenters. The smallest absolute Gasteiger partial charge is 0.0243 e. The van der Waals surface area contributed by atoms with Crippen molar-refractivity contribution >= 4 is 22.5 Å². The number of nitrogens with zero attached hydrogens (tertiary/aromatic N) is 1. The van der Waals surface area contributed by atoms with E-state index in [9.17, 15) is 0 Å². The Morgan fingerprint density at radius 1 is 1.11 bits per heavy atom. The van der Waals surface area contributed by atoms with Gasteiger partial charge in [-0.3, -0.25) is 4.90 Å². The van der Waals surface area contributed by atoms with Gasteiger partial charge in [-0.1, -0.05) is 49.4 Å². The van der Waals surface area contributed by atoms with E-state index in [1.165, 1.54) is 28.6 Å². The molecular weight excluding hydrogens is 250 g/mol. The Labute approximate surface area is 120 Å². The monoisotopic (exact) mass is 271 g/mol. The predicted octanol–water partition coefficient (Wildman–Crippen LogP) is 4.17. The predicted molar refractivity (Wildman–Crippen MR) is 85.7 cm³/mol. The van der Waals surface area contributed by atoms with Gasteiger partial charge in [0.1, 0.15) is 0 Å². The first-order chi connectivity index (χ1) is 9.25. The molecule has 0 amide bonds. The molecule has 1 saturated heterocycles. The summed E-state index contributed by atoms with van der Waals surface area (Å²) in [6, 6.07) is 16.0. The average Bonchev–Trinajstić information content (AvgIpc) is 2.44.